The van der Waals surface area contributed by atoms with E-state index < -0.39 is 83.9 Å². The van der Waals surface area contributed by atoms with E-state index in [2.05, 4.69) is 11.3 Å². The van der Waals surface area contributed by atoms with Crippen molar-refractivity contribution in [3.8, 4) is 0 Å². The predicted molar refractivity (Wildman–Crippen MR) is 103 cm³/mol. The highest BCUT2D eigenvalue weighted by Crippen LogP contribution is 2.62. The quantitative estimate of drug-likeness (QED) is 0.341. The lowest BCUT2D eigenvalue weighted by Gasteiger charge is -2.47. The number of carbonyl (C=O) groups is 2. The van der Waals surface area contributed by atoms with Crippen LogP contribution in [0.2, 0.25) is 0 Å². The molecule has 4 heterocycles. The van der Waals surface area contributed by atoms with Crippen molar-refractivity contribution in [2.45, 2.75) is 93.0 Å². The monoisotopic (exact) mass is 512 g/mol. The summed E-state index contributed by atoms with van der Waals surface area (Å²) in [7, 11) is 0. The van der Waals surface area contributed by atoms with E-state index in [1.807, 2.05) is 0 Å². The Bertz CT molecular complexity index is 962. The van der Waals surface area contributed by atoms with E-state index in [1.165, 1.54) is 6.92 Å². The molecular formula is C22H25F5O8. The smallest absolute Gasteiger partial charge is 0.449 e. The lowest BCUT2D eigenvalue weighted by molar-refractivity contribution is -0.413. The van der Waals surface area contributed by atoms with Crippen LogP contribution in [-0.2, 0) is 33.3 Å². The SMILES string of the molecule is C=C(C)C(=O)OC1C2OC(=O)C3C2OC1C3C1(OC2(C)COC(O)(C(F)(F)F)C2(F)F)CCCC1. The second kappa shape index (κ2) is 7.36. The molecule has 0 radical (unpaired) electrons. The molecule has 13 heteroatoms. The molecule has 8 nitrogen and oxygen atoms in total. The van der Waals surface area contributed by atoms with E-state index in [0.29, 0.717) is 12.8 Å². The first-order chi connectivity index (χ1) is 16.1. The van der Waals surface area contributed by atoms with Crippen LogP contribution in [0.1, 0.15) is 39.5 Å². The summed E-state index contributed by atoms with van der Waals surface area (Å²) in [5.74, 6) is -12.9. The second-order valence-corrected chi connectivity index (χ2v) is 10.3. The van der Waals surface area contributed by atoms with Crippen molar-refractivity contribution < 1.29 is 60.3 Å². The Morgan fingerprint density at radius 3 is 2.34 bits per heavy atom. The summed E-state index contributed by atoms with van der Waals surface area (Å²) < 4.78 is 97.5. The molecule has 5 rings (SSSR count). The number of hydrogen-bond acceptors (Lipinski definition) is 8. The molecule has 8 atom stereocenters. The van der Waals surface area contributed by atoms with Crippen molar-refractivity contribution in [1.82, 2.24) is 0 Å². The van der Waals surface area contributed by atoms with Crippen molar-refractivity contribution in [3.63, 3.8) is 0 Å². The predicted octanol–water partition coefficient (Wildman–Crippen LogP) is 2.42. The van der Waals surface area contributed by atoms with E-state index in [1.54, 1.807) is 0 Å². The molecule has 0 aromatic heterocycles. The van der Waals surface area contributed by atoms with Crippen molar-refractivity contribution in [2.75, 3.05) is 6.61 Å². The average Bonchev–Trinajstić information content (AvgIpc) is 3.51. The van der Waals surface area contributed by atoms with Crippen LogP contribution in [0.15, 0.2) is 12.2 Å². The van der Waals surface area contributed by atoms with Crippen LogP contribution in [0.25, 0.3) is 0 Å². The maximum Gasteiger partial charge on any atom is 0.449 e. The van der Waals surface area contributed by atoms with Gasteiger partial charge in [-0.15, -0.1) is 0 Å². The van der Waals surface area contributed by atoms with E-state index in [4.69, 9.17) is 18.9 Å². The summed E-state index contributed by atoms with van der Waals surface area (Å²) in [6, 6.07) is 0. The molecule has 5 aliphatic rings. The van der Waals surface area contributed by atoms with Crippen LogP contribution in [0.5, 0.6) is 0 Å². The first-order valence-corrected chi connectivity index (χ1v) is 11.3. The zero-order valence-corrected chi connectivity index (χ0v) is 18.9. The summed E-state index contributed by atoms with van der Waals surface area (Å²) in [6.45, 7) is 4.44. The highest BCUT2D eigenvalue weighted by Gasteiger charge is 2.83. The van der Waals surface area contributed by atoms with Gasteiger partial charge in [-0.2, -0.15) is 22.0 Å². The third-order valence-electron chi connectivity index (χ3n) is 8.01. The van der Waals surface area contributed by atoms with Crippen molar-refractivity contribution >= 4 is 11.9 Å². The fourth-order valence-electron chi connectivity index (χ4n) is 6.37. The molecule has 4 saturated heterocycles. The third kappa shape index (κ3) is 3.10. The normalized spacial score (nSPS) is 45.1. The molecular weight excluding hydrogens is 487 g/mol. The number of aliphatic hydroxyl groups is 1. The molecule has 1 saturated carbocycles. The van der Waals surface area contributed by atoms with Crippen LogP contribution >= 0.6 is 0 Å². The molecule has 2 bridgehead atoms. The van der Waals surface area contributed by atoms with Crippen LogP contribution in [0.4, 0.5) is 22.0 Å². The lowest BCUT2D eigenvalue weighted by atomic mass is 9.68. The van der Waals surface area contributed by atoms with Crippen molar-refractivity contribution in [1.29, 1.82) is 0 Å². The summed E-state index contributed by atoms with van der Waals surface area (Å²) in [5.41, 5.74) is -4.33. The summed E-state index contributed by atoms with van der Waals surface area (Å²) >= 11 is 0. The van der Waals surface area contributed by atoms with Gasteiger partial charge in [-0.05, 0) is 26.7 Å². The van der Waals surface area contributed by atoms with E-state index in [-0.39, 0.29) is 18.4 Å². The van der Waals surface area contributed by atoms with Crippen LogP contribution in [0.3, 0.4) is 0 Å². The van der Waals surface area contributed by atoms with Crippen LogP contribution in [0, 0.1) is 11.8 Å². The van der Waals surface area contributed by atoms with E-state index >= 15 is 8.78 Å². The molecule has 5 fully saturated rings. The van der Waals surface area contributed by atoms with Gasteiger partial charge in [-0.3, -0.25) is 4.79 Å². The summed E-state index contributed by atoms with van der Waals surface area (Å²) in [6.07, 6.45) is -8.28. The molecule has 1 aliphatic carbocycles. The Morgan fingerprint density at radius 2 is 1.80 bits per heavy atom. The minimum atomic E-state index is -5.79. The lowest BCUT2D eigenvalue weighted by Crippen LogP contribution is -2.66. The zero-order chi connectivity index (χ0) is 25.8. The largest absolute Gasteiger partial charge is 0.455 e. The molecule has 196 valence electrons. The molecule has 1 N–H and O–H groups in total. The number of halogens is 5. The third-order valence-corrected chi connectivity index (χ3v) is 8.01. The Hall–Kier alpha value is -1.83. The van der Waals surface area contributed by atoms with Gasteiger partial charge in [-0.25, -0.2) is 4.79 Å². The van der Waals surface area contributed by atoms with E-state index in [0.717, 1.165) is 6.92 Å². The number of fused-ring (bicyclic) bond motifs is 1. The number of alkyl halides is 5. The zero-order valence-electron chi connectivity index (χ0n) is 18.9. The van der Waals surface area contributed by atoms with Gasteiger partial charge in [0, 0.05) is 11.5 Å². The number of hydrogen-bond donors (Lipinski definition) is 1. The maximum atomic E-state index is 15.2. The average molecular weight is 512 g/mol. The Kier molecular flexibility index (Phi) is 5.22. The number of esters is 2. The molecule has 0 aromatic rings. The fraction of sp³-hybridized carbons (Fsp3) is 0.818. The van der Waals surface area contributed by atoms with Gasteiger partial charge in [-0.1, -0.05) is 19.4 Å². The Morgan fingerprint density at radius 1 is 1.17 bits per heavy atom. The number of ether oxygens (including phenoxy) is 5. The van der Waals surface area contributed by atoms with Gasteiger partial charge in [0.05, 0.1) is 18.1 Å². The van der Waals surface area contributed by atoms with Gasteiger partial charge < -0.3 is 28.8 Å². The standard InChI is InChI=1S/C22H25F5O8/c1-9(2)16(28)33-15-13-11(10-12(32-13)14(15)34-17(10)29)19(6-4-5-7-19)35-18(3)8-31-21(30,20(18,23)24)22(25,26)27/h10-15,30H,1,4-8H2,2-3H3. The van der Waals surface area contributed by atoms with Crippen molar-refractivity contribution in [2.24, 2.45) is 11.8 Å². The van der Waals surface area contributed by atoms with E-state index in [9.17, 15) is 27.9 Å². The molecule has 4 aliphatic heterocycles. The number of rotatable bonds is 5. The van der Waals surface area contributed by atoms with Crippen molar-refractivity contribution in [3.05, 3.63) is 12.2 Å². The molecule has 0 spiro atoms. The van der Waals surface area contributed by atoms with Gasteiger partial charge in [0.25, 0.3) is 0 Å². The highest BCUT2D eigenvalue weighted by molar-refractivity contribution is 5.87. The van der Waals surface area contributed by atoms with Gasteiger partial charge in [0.1, 0.15) is 12.2 Å². The fourth-order valence-corrected chi connectivity index (χ4v) is 6.37. The minimum Gasteiger partial charge on any atom is -0.455 e. The summed E-state index contributed by atoms with van der Waals surface area (Å²) in [4.78, 5) is 25.0. The molecule has 8 unspecified atom stereocenters. The molecule has 0 aromatic carbocycles. The topological polar surface area (TPSA) is 101 Å². The molecule has 0 amide bonds. The minimum absolute atomic E-state index is 0.0821. The van der Waals surface area contributed by atoms with Gasteiger partial charge in [0.2, 0.25) is 0 Å². The Balaban J connectivity index is 1.51. The first kappa shape index (κ1) is 24.8. The van der Waals surface area contributed by atoms with Gasteiger partial charge in [0.15, 0.2) is 17.8 Å². The highest BCUT2D eigenvalue weighted by atomic mass is 19.4. The summed E-state index contributed by atoms with van der Waals surface area (Å²) in [5, 5.41) is 9.82. The van der Waals surface area contributed by atoms with Crippen LogP contribution < -0.4 is 0 Å². The Labute approximate surface area is 196 Å². The molecule has 35 heavy (non-hydrogen) atoms. The van der Waals surface area contributed by atoms with Crippen LogP contribution in [-0.4, -0.2) is 77.2 Å². The maximum absolute atomic E-state index is 15.2. The second-order valence-electron chi connectivity index (χ2n) is 10.3. The van der Waals surface area contributed by atoms with Gasteiger partial charge >= 0.3 is 29.8 Å². The number of carbonyl (C=O) groups excluding carboxylic acids is 2. The first-order valence-electron chi connectivity index (χ1n) is 11.3.